The van der Waals surface area contributed by atoms with E-state index >= 15 is 0 Å². The van der Waals surface area contributed by atoms with Gasteiger partial charge >= 0.3 is 0 Å². The number of aryl methyl sites for hydroxylation is 2. The minimum atomic E-state index is 0.189. The summed E-state index contributed by atoms with van der Waals surface area (Å²) in [6, 6.07) is 4.14. The SMILES string of the molecule is CCc1cc(C)cc(Br)c1-c1c(O)c2n(c1O)CCC2. The fraction of sp³-hybridized carbons (Fsp3) is 0.375. The van der Waals surface area contributed by atoms with Crippen LogP contribution in [-0.4, -0.2) is 14.8 Å². The number of benzene rings is 1. The van der Waals surface area contributed by atoms with Crippen molar-refractivity contribution in [1.82, 2.24) is 4.57 Å². The van der Waals surface area contributed by atoms with E-state index in [2.05, 4.69) is 28.9 Å². The molecule has 106 valence electrons. The largest absolute Gasteiger partial charge is 0.505 e. The molecule has 2 aromatic rings. The first-order valence-corrected chi connectivity index (χ1v) is 7.76. The van der Waals surface area contributed by atoms with Gasteiger partial charge in [0.1, 0.15) is 5.75 Å². The number of halogens is 1. The minimum Gasteiger partial charge on any atom is -0.505 e. The topological polar surface area (TPSA) is 45.4 Å². The smallest absolute Gasteiger partial charge is 0.203 e. The molecule has 0 radical (unpaired) electrons. The first-order valence-electron chi connectivity index (χ1n) is 6.97. The second-order valence-electron chi connectivity index (χ2n) is 5.38. The van der Waals surface area contributed by atoms with E-state index in [0.29, 0.717) is 5.56 Å². The number of hydrogen-bond donors (Lipinski definition) is 2. The van der Waals surface area contributed by atoms with Gasteiger partial charge in [0.25, 0.3) is 0 Å². The molecule has 3 rings (SSSR count). The van der Waals surface area contributed by atoms with Crippen LogP contribution in [-0.2, 0) is 19.4 Å². The van der Waals surface area contributed by atoms with Crippen LogP contribution >= 0.6 is 15.9 Å². The van der Waals surface area contributed by atoms with Gasteiger partial charge in [-0.2, -0.15) is 0 Å². The highest BCUT2D eigenvalue weighted by Crippen LogP contribution is 2.48. The van der Waals surface area contributed by atoms with Gasteiger partial charge in [-0.05, 0) is 43.4 Å². The third-order valence-electron chi connectivity index (χ3n) is 4.06. The van der Waals surface area contributed by atoms with Crippen molar-refractivity contribution in [1.29, 1.82) is 0 Å². The Kier molecular flexibility index (Phi) is 3.28. The van der Waals surface area contributed by atoms with Crippen molar-refractivity contribution in [2.45, 2.75) is 39.7 Å². The lowest BCUT2D eigenvalue weighted by atomic mass is 9.96. The lowest BCUT2D eigenvalue weighted by molar-refractivity contribution is 0.424. The summed E-state index contributed by atoms with van der Waals surface area (Å²) in [5, 5.41) is 21.0. The van der Waals surface area contributed by atoms with Gasteiger partial charge in [0.15, 0.2) is 0 Å². The van der Waals surface area contributed by atoms with E-state index in [-0.39, 0.29) is 11.6 Å². The van der Waals surface area contributed by atoms with Crippen LogP contribution in [0.4, 0.5) is 0 Å². The third-order valence-corrected chi connectivity index (χ3v) is 4.68. The molecule has 0 atom stereocenters. The Morgan fingerprint density at radius 3 is 2.65 bits per heavy atom. The van der Waals surface area contributed by atoms with Crippen molar-refractivity contribution in [3.05, 3.63) is 33.4 Å². The first kappa shape index (κ1) is 13.6. The zero-order valence-electron chi connectivity index (χ0n) is 11.7. The molecule has 4 heteroatoms. The molecule has 0 amide bonds. The summed E-state index contributed by atoms with van der Waals surface area (Å²) >= 11 is 3.59. The number of rotatable bonds is 2. The Morgan fingerprint density at radius 2 is 2.00 bits per heavy atom. The molecule has 3 nitrogen and oxygen atoms in total. The lowest BCUT2D eigenvalue weighted by Crippen LogP contribution is -1.93. The van der Waals surface area contributed by atoms with Gasteiger partial charge in [0, 0.05) is 16.6 Å². The number of hydrogen-bond acceptors (Lipinski definition) is 2. The Balaban J connectivity index is 2.30. The summed E-state index contributed by atoms with van der Waals surface area (Å²) in [6.07, 6.45) is 2.66. The van der Waals surface area contributed by atoms with E-state index in [1.54, 1.807) is 0 Å². The van der Waals surface area contributed by atoms with Gasteiger partial charge in [0.05, 0.1) is 11.3 Å². The van der Waals surface area contributed by atoms with E-state index in [0.717, 1.165) is 47.1 Å². The monoisotopic (exact) mass is 335 g/mol. The van der Waals surface area contributed by atoms with Crippen LogP contribution in [0, 0.1) is 6.92 Å². The van der Waals surface area contributed by atoms with Crippen LogP contribution in [0.1, 0.15) is 30.2 Å². The molecule has 2 heterocycles. The molecule has 0 saturated carbocycles. The van der Waals surface area contributed by atoms with Crippen molar-refractivity contribution in [3.8, 4) is 22.8 Å². The third kappa shape index (κ3) is 1.85. The van der Waals surface area contributed by atoms with Crippen molar-refractivity contribution in [2.24, 2.45) is 0 Å². The highest BCUT2D eigenvalue weighted by Gasteiger charge is 2.28. The fourth-order valence-electron chi connectivity index (χ4n) is 3.14. The average molecular weight is 336 g/mol. The van der Waals surface area contributed by atoms with Crippen molar-refractivity contribution in [3.63, 3.8) is 0 Å². The predicted octanol–water partition coefficient (Wildman–Crippen LogP) is 4.15. The van der Waals surface area contributed by atoms with E-state index < -0.39 is 0 Å². The quantitative estimate of drug-likeness (QED) is 0.866. The second-order valence-corrected chi connectivity index (χ2v) is 6.24. The van der Waals surface area contributed by atoms with Gasteiger partial charge in [-0.3, -0.25) is 0 Å². The van der Waals surface area contributed by atoms with E-state index in [1.165, 1.54) is 5.56 Å². The van der Waals surface area contributed by atoms with Gasteiger partial charge in [-0.1, -0.05) is 28.9 Å². The Bertz CT molecular complexity index is 661. The highest BCUT2D eigenvalue weighted by molar-refractivity contribution is 9.10. The average Bonchev–Trinajstić information content (AvgIpc) is 2.96. The summed E-state index contributed by atoms with van der Waals surface area (Å²) in [5.41, 5.74) is 4.64. The van der Waals surface area contributed by atoms with Crippen molar-refractivity contribution >= 4 is 15.9 Å². The van der Waals surface area contributed by atoms with Gasteiger partial charge < -0.3 is 14.8 Å². The summed E-state index contributed by atoms with van der Waals surface area (Å²) in [4.78, 5) is 0. The van der Waals surface area contributed by atoms with E-state index in [4.69, 9.17) is 0 Å². The molecule has 0 saturated heterocycles. The maximum Gasteiger partial charge on any atom is 0.203 e. The molecule has 2 N–H and O–H groups in total. The molecular weight excluding hydrogens is 318 g/mol. The molecule has 0 unspecified atom stereocenters. The summed E-state index contributed by atoms with van der Waals surface area (Å²) in [5.74, 6) is 0.425. The lowest BCUT2D eigenvalue weighted by Gasteiger charge is -2.12. The molecule has 0 aliphatic carbocycles. The Morgan fingerprint density at radius 1 is 1.25 bits per heavy atom. The molecule has 0 fully saturated rings. The Hall–Kier alpha value is -1.42. The second kappa shape index (κ2) is 4.85. The van der Waals surface area contributed by atoms with Gasteiger partial charge in [0.2, 0.25) is 5.88 Å². The normalized spacial score (nSPS) is 13.8. The van der Waals surface area contributed by atoms with E-state index in [1.807, 2.05) is 17.6 Å². The summed E-state index contributed by atoms with van der Waals surface area (Å²) in [7, 11) is 0. The standard InChI is InChI=1S/C16H18BrNO2/c1-3-10-7-9(2)8-11(17)13(10)14-15(19)12-5-4-6-18(12)16(14)20/h7-8,19-20H,3-6H2,1-2H3. The zero-order valence-corrected chi connectivity index (χ0v) is 13.3. The molecule has 0 spiro atoms. The van der Waals surface area contributed by atoms with Gasteiger partial charge in [-0.15, -0.1) is 0 Å². The molecule has 20 heavy (non-hydrogen) atoms. The highest BCUT2D eigenvalue weighted by atomic mass is 79.9. The minimum absolute atomic E-state index is 0.189. The fourth-order valence-corrected chi connectivity index (χ4v) is 3.96. The predicted molar refractivity (Wildman–Crippen MR) is 83.3 cm³/mol. The molecule has 1 aromatic carbocycles. The van der Waals surface area contributed by atoms with Crippen LogP contribution in [0.25, 0.3) is 11.1 Å². The first-order chi connectivity index (χ1) is 9.54. The van der Waals surface area contributed by atoms with E-state index in [9.17, 15) is 10.2 Å². The van der Waals surface area contributed by atoms with Crippen LogP contribution in [0.3, 0.4) is 0 Å². The Labute approximate surface area is 127 Å². The molecule has 1 aromatic heterocycles. The van der Waals surface area contributed by atoms with Crippen LogP contribution < -0.4 is 0 Å². The number of aromatic nitrogens is 1. The molecule has 1 aliphatic heterocycles. The van der Waals surface area contributed by atoms with Crippen molar-refractivity contribution in [2.75, 3.05) is 0 Å². The maximum atomic E-state index is 10.5. The number of fused-ring (bicyclic) bond motifs is 1. The number of nitrogens with zero attached hydrogens (tertiary/aromatic N) is 1. The maximum absolute atomic E-state index is 10.5. The zero-order chi connectivity index (χ0) is 14.4. The van der Waals surface area contributed by atoms with Crippen molar-refractivity contribution < 1.29 is 10.2 Å². The van der Waals surface area contributed by atoms with Crippen LogP contribution in [0.15, 0.2) is 16.6 Å². The van der Waals surface area contributed by atoms with Gasteiger partial charge in [-0.25, -0.2) is 0 Å². The summed E-state index contributed by atoms with van der Waals surface area (Å²) in [6.45, 7) is 4.91. The summed E-state index contributed by atoms with van der Waals surface area (Å²) < 4.78 is 2.75. The molecule has 0 bridgehead atoms. The molecular formula is C16H18BrNO2. The van der Waals surface area contributed by atoms with Crippen LogP contribution in [0.5, 0.6) is 11.6 Å². The molecule has 1 aliphatic rings. The van der Waals surface area contributed by atoms with Crippen LogP contribution in [0.2, 0.25) is 0 Å². The number of aromatic hydroxyl groups is 2.